The van der Waals surface area contributed by atoms with Gasteiger partial charge in [0.25, 0.3) is 0 Å². The Morgan fingerprint density at radius 1 is 1.38 bits per heavy atom. The predicted molar refractivity (Wildman–Crippen MR) is 62.8 cm³/mol. The van der Waals surface area contributed by atoms with Gasteiger partial charge in [0, 0.05) is 23.7 Å². The minimum atomic E-state index is -0.0203. The van der Waals surface area contributed by atoms with Crippen molar-refractivity contribution < 1.29 is 14.9 Å². The Bertz CT molecular complexity index is 341. The van der Waals surface area contributed by atoms with Crippen LogP contribution in [-0.2, 0) is 0 Å². The Balaban J connectivity index is 2.79. The Labute approximate surface area is 95.9 Å². The molecule has 1 rings (SSSR count). The lowest BCUT2D eigenvalue weighted by atomic mass is 10.1. The molecule has 1 unspecified atom stereocenters. The van der Waals surface area contributed by atoms with E-state index in [1.807, 2.05) is 19.9 Å². The third-order valence-electron chi connectivity index (χ3n) is 2.51. The van der Waals surface area contributed by atoms with E-state index in [2.05, 4.69) is 5.32 Å². The van der Waals surface area contributed by atoms with E-state index in [-0.39, 0.29) is 24.4 Å². The maximum atomic E-state index is 9.80. The van der Waals surface area contributed by atoms with E-state index in [0.717, 1.165) is 5.56 Å². The van der Waals surface area contributed by atoms with Crippen molar-refractivity contribution in [1.82, 2.24) is 5.32 Å². The van der Waals surface area contributed by atoms with Crippen molar-refractivity contribution in [2.24, 2.45) is 0 Å². The molecule has 4 nitrogen and oxygen atoms in total. The number of phenols is 1. The normalized spacial score (nSPS) is 14.5. The zero-order valence-corrected chi connectivity index (χ0v) is 9.90. The summed E-state index contributed by atoms with van der Waals surface area (Å²) in [5.41, 5.74) is 0.793. The fourth-order valence-corrected chi connectivity index (χ4v) is 1.59. The Kier molecular flexibility index (Phi) is 4.58. The first-order valence-corrected chi connectivity index (χ1v) is 5.32. The fraction of sp³-hybridized carbons (Fsp3) is 0.500. The molecule has 4 heteroatoms. The molecule has 0 amide bonds. The molecule has 0 aliphatic carbocycles. The van der Waals surface area contributed by atoms with Crippen molar-refractivity contribution in [3.8, 4) is 11.5 Å². The van der Waals surface area contributed by atoms with Gasteiger partial charge < -0.3 is 20.3 Å². The number of rotatable bonds is 5. The van der Waals surface area contributed by atoms with Gasteiger partial charge >= 0.3 is 0 Å². The van der Waals surface area contributed by atoms with Crippen molar-refractivity contribution in [2.45, 2.75) is 25.9 Å². The maximum Gasteiger partial charge on any atom is 0.124 e. The number of hydrogen-bond donors (Lipinski definition) is 3. The van der Waals surface area contributed by atoms with Crippen LogP contribution >= 0.6 is 0 Å². The largest absolute Gasteiger partial charge is 0.507 e. The summed E-state index contributed by atoms with van der Waals surface area (Å²) in [6.07, 6.45) is 0. The van der Waals surface area contributed by atoms with Gasteiger partial charge in [-0.1, -0.05) is 6.07 Å². The van der Waals surface area contributed by atoms with Crippen molar-refractivity contribution in [3.05, 3.63) is 23.8 Å². The highest BCUT2D eigenvalue weighted by molar-refractivity contribution is 5.41. The Hall–Kier alpha value is -1.26. The second-order valence-electron chi connectivity index (χ2n) is 3.90. The van der Waals surface area contributed by atoms with E-state index in [1.165, 1.54) is 0 Å². The third kappa shape index (κ3) is 3.12. The van der Waals surface area contributed by atoms with Gasteiger partial charge in [0.05, 0.1) is 13.7 Å². The number of aliphatic hydroxyl groups excluding tert-OH is 1. The third-order valence-corrected chi connectivity index (χ3v) is 2.51. The second kappa shape index (κ2) is 5.72. The number of hydrogen-bond acceptors (Lipinski definition) is 4. The average molecular weight is 225 g/mol. The highest BCUT2D eigenvalue weighted by Gasteiger charge is 2.12. The molecule has 0 fully saturated rings. The van der Waals surface area contributed by atoms with E-state index >= 15 is 0 Å². The first-order valence-electron chi connectivity index (χ1n) is 5.32. The minimum Gasteiger partial charge on any atom is -0.507 e. The molecule has 90 valence electrons. The summed E-state index contributed by atoms with van der Waals surface area (Å²) in [6, 6.07) is 5.17. The van der Waals surface area contributed by atoms with Crippen LogP contribution in [0.25, 0.3) is 0 Å². The number of benzene rings is 1. The van der Waals surface area contributed by atoms with Gasteiger partial charge in [-0.2, -0.15) is 0 Å². The Morgan fingerprint density at radius 3 is 2.56 bits per heavy atom. The smallest absolute Gasteiger partial charge is 0.124 e. The summed E-state index contributed by atoms with van der Waals surface area (Å²) < 4.78 is 5.01. The summed E-state index contributed by atoms with van der Waals surface area (Å²) in [5, 5.41) is 21.9. The molecule has 0 aromatic heterocycles. The first kappa shape index (κ1) is 12.8. The Morgan fingerprint density at radius 2 is 2.06 bits per heavy atom. The molecule has 16 heavy (non-hydrogen) atoms. The lowest BCUT2D eigenvalue weighted by molar-refractivity contribution is 0.242. The summed E-state index contributed by atoms with van der Waals surface area (Å²) in [7, 11) is 1.56. The molecule has 0 aliphatic heterocycles. The van der Waals surface area contributed by atoms with Gasteiger partial charge in [0.2, 0.25) is 0 Å². The summed E-state index contributed by atoms with van der Waals surface area (Å²) in [6.45, 7) is 3.89. The van der Waals surface area contributed by atoms with Gasteiger partial charge in [0.1, 0.15) is 11.5 Å². The zero-order chi connectivity index (χ0) is 12.1. The molecule has 1 aromatic rings. The average Bonchev–Trinajstić information content (AvgIpc) is 2.28. The molecule has 0 aliphatic rings. The predicted octanol–water partition coefficient (Wildman–Crippen LogP) is 1.43. The maximum absolute atomic E-state index is 9.80. The van der Waals surface area contributed by atoms with Crippen molar-refractivity contribution in [2.75, 3.05) is 13.7 Å². The number of ether oxygens (including phenoxy) is 1. The second-order valence-corrected chi connectivity index (χ2v) is 3.90. The van der Waals surface area contributed by atoms with Gasteiger partial charge in [-0.25, -0.2) is 0 Å². The van der Waals surface area contributed by atoms with Crippen LogP contribution in [0.15, 0.2) is 18.2 Å². The SMILES string of the molecule is COc1ccc(C(C)N[C@H](C)CO)c(O)c1. The van der Waals surface area contributed by atoms with E-state index < -0.39 is 0 Å². The van der Waals surface area contributed by atoms with Crippen LogP contribution < -0.4 is 10.1 Å². The zero-order valence-electron chi connectivity index (χ0n) is 9.90. The van der Waals surface area contributed by atoms with Gasteiger partial charge in [-0.3, -0.25) is 0 Å². The quantitative estimate of drug-likeness (QED) is 0.709. The van der Waals surface area contributed by atoms with Crippen LogP contribution in [0.4, 0.5) is 0 Å². The molecule has 0 bridgehead atoms. The monoisotopic (exact) mass is 225 g/mol. The van der Waals surface area contributed by atoms with Crippen LogP contribution in [0.3, 0.4) is 0 Å². The molecule has 0 saturated heterocycles. The molecule has 0 saturated carbocycles. The van der Waals surface area contributed by atoms with Crippen molar-refractivity contribution in [1.29, 1.82) is 0 Å². The number of phenolic OH excluding ortho intramolecular Hbond substituents is 1. The molecular weight excluding hydrogens is 206 g/mol. The van der Waals surface area contributed by atoms with Crippen molar-refractivity contribution in [3.63, 3.8) is 0 Å². The van der Waals surface area contributed by atoms with Crippen LogP contribution in [0, 0.1) is 0 Å². The van der Waals surface area contributed by atoms with Crippen molar-refractivity contribution >= 4 is 0 Å². The standard InChI is InChI=1S/C12H19NO3/c1-8(7-14)13-9(2)11-5-4-10(16-3)6-12(11)15/h4-6,8-9,13-15H,7H2,1-3H3/t8-,9?/m1/s1. The lowest BCUT2D eigenvalue weighted by Crippen LogP contribution is -2.31. The molecule has 0 heterocycles. The number of aromatic hydroxyl groups is 1. The van der Waals surface area contributed by atoms with E-state index in [1.54, 1.807) is 19.2 Å². The van der Waals surface area contributed by atoms with Crippen LogP contribution in [0.5, 0.6) is 11.5 Å². The topological polar surface area (TPSA) is 61.7 Å². The van der Waals surface area contributed by atoms with Gasteiger partial charge in [-0.15, -0.1) is 0 Å². The minimum absolute atomic E-state index is 0.00324. The number of aliphatic hydroxyl groups is 1. The summed E-state index contributed by atoms with van der Waals surface area (Å²) in [4.78, 5) is 0. The highest BCUT2D eigenvalue weighted by atomic mass is 16.5. The first-order chi connectivity index (χ1) is 7.58. The lowest BCUT2D eigenvalue weighted by Gasteiger charge is -2.19. The molecule has 2 atom stereocenters. The van der Waals surface area contributed by atoms with E-state index in [0.29, 0.717) is 5.75 Å². The molecular formula is C12H19NO3. The van der Waals surface area contributed by atoms with Crippen LogP contribution in [0.2, 0.25) is 0 Å². The van der Waals surface area contributed by atoms with Gasteiger partial charge in [-0.05, 0) is 19.9 Å². The summed E-state index contributed by atoms with van der Waals surface area (Å²) >= 11 is 0. The molecule has 1 aromatic carbocycles. The van der Waals surface area contributed by atoms with Crippen LogP contribution in [-0.4, -0.2) is 30.0 Å². The van der Waals surface area contributed by atoms with E-state index in [4.69, 9.17) is 9.84 Å². The number of nitrogens with one attached hydrogen (secondary N) is 1. The van der Waals surface area contributed by atoms with E-state index in [9.17, 15) is 5.11 Å². The highest BCUT2D eigenvalue weighted by Crippen LogP contribution is 2.28. The molecule has 0 spiro atoms. The fourth-order valence-electron chi connectivity index (χ4n) is 1.59. The molecule has 3 N–H and O–H groups in total. The van der Waals surface area contributed by atoms with Crippen LogP contribution in [0.1, 0.15) is 25.5 Å². The summed E-state index contributed by atoms with van der Waals surface area (Å²) in [5.74, 6) is 0.827. The number of methoxy groups -OCH3 is 1. The molecule has 0 radical (unpaired) electrons. The van der Waals surface area contributed by atoms with Gasteiger partial charge in [0.15, 0.2) is 0 Å².